The molecule has 0 fully saturated rings. The largest absolute Gasteiger partial charge is 0.449 e. The van der Waals surface area contributed by atoms with Gasteiger partial charge in [-0.15, -0.1) is 0 Å². The quantitative estimate of drug-likeness (QED) is 0.469. The van der Waals surface area contributed by atoms with E-state index in [0.717, 1.165) is 0 Å². The standard InChI is InChI=1S/C24H21FN2O2/c25-23-14-7-9-17(27-23)8-5-6-15-26-24(28)29-16-22-20-12-3-1-10-18(20)19-11-2-4-13-21(19)22/h1-5,7-14,22H,6,15-16H2,(H,26,28). The third-order valence-corrected chi connectivity index (χ3v) is 4.95. The molecule has 1 aromatic heterocycles. The van der Waals surface area contributed by atoms with Gasteiger partial charge in [0, 0.05) is 12.5 Å². The average Bonchev–Trinajstić information content (AvgIpc) is 3.06. The number of alkyl carbamates (subject to hydrolysis) is 1. The van der Waals surface area contributed by atoms with E-state index in [9.17, 15) is 9.18 Å². The predicted molar refractivity (Wildman–Crippen MR) is 111 cm³/mol. The highest BCUT2D eigenvalue weighted by Crippen LogP contribution is 2.44. The number of benzene rings is 2. The molecule has 0 aliphatic heterocycles. The van der Waals surface area contributed by atoms with Crippen molar-refractivity contribution in [2.75, 3.05) is 13.2 Å². The van der Waals surface area contributed by atoms with Crippen molar-refractivity contribution in [3.05, 3.63) is 95.6 Å². The first-order valence-electron chi connectivity index (χ1n) is 9.60. The number of nitrogens with one attached hydrogen (secondary N) is 1. The Kier molecular flexibility index (Phi) is 5.66. The number of hydrogen-bond acceptors (Lipinski definition) is 3. The molecule has 5 heteroatoms. The van der Waals surface area contributed by atoms with Crippen LogP contribution in [0.5, 0.6) is 0 Å². The zero-order valence-corrected chi connectivity index (χ0v) is 15.8. The maximum absolute atomic E-state index is 13.0. The van der Waals surface area contributed by atoms with Crippen LogP contribution in [0.15, 0.2) is 72.8 Å². The van der Waals surface area contributed by atoms with Crippen molar-refractivity contribution in [1.82, 2.24) is 10.3 Å². The average molecular weight is 388 g/mol. The summed E-state index contributed by atoms with van der Waals surface area (Å²) in [5, 5.41) is 2.75. The Morgan fingerprint density at radius 1 is 1.00 bits per heavy atom. The summed E-state index contributed by atoms with van der Waals surface area (Å²) in [6.07, 6.45) is 3.72. The molecular formula is C24H21FN2O2. The Labute approximate surface area is 169 Å². The number of halogens is 1. The summed E-state index contributed by atoms with van der Waals surface area (Å²) in [5.74, 6) is -0.462. The van der Waals surface area contributed by atoms with Crippen molar-refractivity contribution < 1.29 is 13.9 Å². The molecule has 2 aromatic carbocycles. The lowest BCUT2D eigenvalue weighted by molar-refractivity contribution is 0.143. The third kappa shape index (κ3) is 4.35. The van der Waals surface area contributed by atoms with Crippen LogP contribution in [0.2, 0.25) is 0 Å². The van der Waals surface area contributed by atoms with Crippen molar-refractivity contribution in [2.45, 2.75) is 12.3 Å². The molecular weight excluding hydrogens is 367 g/mol. The molecule has 1 heterocycles. The van der Waals surface area contributed by atoms with E-state index in [2.05, 4.69) is 34.6 Å². The first-order valence-corrected chi connectivity index (χ1v) is 9.60. The van der Waals surface area contributed by atoms with E-state index in [1.807, 2.05) is 30.3 Å². The summed E-state index contributed by atoms with van der Waals surface area (Å²) in [4.78, 5) is 15.8. The second-order valence-electron chi connectivity index (χ2n) is 6.83. The van der Waals surface area contributed by atoms with Crippen LogP contribution in [-0.2, 0) is 4.74 Å². The van der Waals surface area contributed by atoms with Gasteiger partial charge in [-0.05, 0) is 46.9 Å². The van der Waals surface area contributed by atoms with E-state index in [1.165, 1.54) is 28.3 Å². The van der Waals surface area contributed by atoms with Gasteiger partial charge in [-0.25, -0.2) is 9.78 Å². The van der Waals surface area contributed by atoms with Gasteiger partial charge in [0.15, 0.2) is 0 Å². The minimum atomic E-state index is -0.510. The van der Waals surface area contributed by atoms with E-state index in [0.29, 0.717) is 25.3 Å². The molecule has 1 N–H and O–H groups in total. The van der Waals surface area contributed by atoms with Crippen LogP contribution in [0, 0.1) is 5.95 Å². The molecule has 0 bridgehead atoms. The predicted octanol–water partition coefficient (Wildman–Crippen LogP) is 5.16. The van der Waals surface area contributed by atoms with E-state index < -0.39 is 12.0 Å². The van der Waals surface area contributed by atoms with Crippen LogP contribution < -0.4 is 5.32 Å². The van der Waals surface area contributed by atoms with Crippen molar-refractivity contribution in [1.29, 1.82) is 0 Å². The molecule has 146 valence electrons. The van der Waals surface area contributed by atoms with E-state index >= 15 is 0 Å². The van der Waals surface area contributed by atoms with Gasteiger partial charge in [0.25, 0.3) is 0 Å². The minimum Gasteiger partial charge on any atom is -0.449 e. The molecule has 0 radical (unpaired) electrons. The molecule has 0 saturated carbocycles. The number of nitrogens with zero attached hydrogens (tertiary/aromatic N) is 1. The fourth-order valence-electron chi connectivity index (χ4n) is 3.63. The van der Waals surface area contributed by atoms with E-state index in [4.69, 9.17) is 4.74 Å². The summed E-state index contributed by atoms with van der Waals surface area (Å²) < 4.78 is 18.5. The number of amides is 1. The molecule has 0 spiro atoms. The SMILES string of the molecule is O=C(NCCC=Cc1cccc(F)n1)OCC1c2ccccc2-c2ccccc21. The van der Waals surface area contributed by atoms with Gasteiger partial charge >= 0.3 is 6.09 Å². The lowest BCUT2D eigenvalue weighted by Gasteiger charge is -2.14. The molecule has 0 saturated heterocycles. The summed E-state index contributed by atoms with van der Waals surface area (Å²) >= 11 is 0. The molecule has 4 rings (SSSR count). The highest BCUT2D eigenvalue weighted by Gasteiger charge is 2.28. The van der Waals surface area contributed by atoms with Gasteiger partial charge in [0.05, 0.1) is 5.69 Å². The van der Waals surface area contributed by atoms with Gasteiger partial charge in [-0.1, -0.05) is 60.7 Å². The minimum absolute atomic E-state index is 0.0482. The van der Waals surface area contributed by atoms with Crippen molar-refractivity contribution in [3.63, 3.8) is 0 Å². The number of rotatable bonds is 6. The fraction of sp³-hybridized carbons (Fsp3) is 0.167. The summed E-state index contributed by atoms with van der Waals surface area (Å²) in [6.45, 7) is 0.728. The number of aromatic nitrogens is 1. The zero-order chi connectivity index (χ0) is 20.1. The molecule has 1 aliphatic rings. The molecule has 1 amide bonds. The summed E-state index contributed by atoms with van der Waals surface area (Å²) in [7, 11) is 0. The van der Waals surface area contributed by atoms with Crippen LogP contribution in [0.4, 0.5) is 9.18 Å². The monoisotopic (exact) mass is 388 g/mol. The van der Waals surface area contributed by atoms with Gasteiger partial charge in [-0.3, -0.25) is 0 Å². The van der Waals surface area contributed by atoms with Crippen molar-refractivity contribution in [3.8, 4) is 11.1 Å². The Hall–Kier alpha value is -3.47. The molecule has 0 atom stereocenters. The Morgan fingerprint density at radius 2 is 1.69 bits per heavy atom. The van der Waals surface area contributed by atoms with Gasteiger partial charge in [0.1, 0.15) is 6.61 Å². The third-order valence-electron chi connectivity index (χ3n) is 4.95. The van der Waals surface area contributed by atoms with E-state index in [-0.39, 0.29) is 5.92 Å². The van der Waals surface area contributed by atoms with Crippen LogP contribution in [0.3, 0.4) is 0 Å². The summed E-state index contributed by atoms with van der Waals surface area (Å²) in [5.41, 5.74) is 5.33. The van der Waals surface area contributed by atoms with E-state index in [1.54, 1.807) is 18.2 Å². The fourth-order valence-corrected chi connectivity index (χ4v) is 3.63. The smallest absolute Gasteiger partial charge is 0.407 e. The Bertz CT molecular complexity index is 1000. The van der Waals surface area contributed by atoms with Crippen LogP contribution >= 0.6 is 0 Å². The maximum Gasteiger partial charge on any atom is 0.407 e. The number of fused-ring (bicyclic) bond motifs is 3. The first kappa shape index (κ1) is 18.9. The van der Waals surface area contributed by atoms with Crippen molar-refractivity contribution >= 4 is 12.2 Å². The van der Waals surface area contributed by atoms with Gasteiger partial charge in [-0.2, -0.15) is 4.39 Å². The van der Waals surface area contributed by atoms with Crippen molar-refractivity contribution in [2.24, 2.45) is 0 Å². The maximum atomic E-state index is 13.0. The first-order chi connectivity index (χ1) is 14.2. The van der Waals surface area contributed by atoms with Crippen LogP contribution in [0.25, 0.3) is 17.2 Å². The van der Waals surface area contributed by atoms with Gasteiger partial charge < -0.3 is 10.1 Å². The van der Waals surface area contributed by atoms with Gasteiger partial charge in [0.2, 0.25) is 5.95 Å². The molecule has 4 nitrogen and oxygen atoms in total. The molecule has 1 aliphatic carbocycles. The number of hydrogen-bond donors (Lipinski definition) is 1. The molecule has 29 heavy (non-hydrogen) atoms. The Morgan fingerprint density at radius 3 is 2.38 bits per heavy atom. The summed E-state index contributed by atoms with van der Waals surface area (Å²) in [6, 6.07) is 21.1. The lowest BCUT2D eigenvalue weighted by atomic mass is 9.98. The number of ether oxygens (including phenoxy) is 1. The zero-order valence-electron chi connectivity index (χ0n) is 15.8. The topological polar surface area (TPSA) is 51.2 Å². The number of carbonyl (C=O) groups is 1. The number of pyridine rings is 1. The normalized spacial score (nSPS) is 12.6. The molecule has 0 unspecified atom stereocenters. The van der Waals surface area contributed by atoms with Crippen LogP contribution in [-0.4, -0.2) is 24.2 Å². The van der Waals surface area contributed by atoms with Crippen LogP contribution in [0.1, 0.15) is 29.2 Å². The second kappa shape index (κ2) is 8.69. The highest BCUT2D eigenvalue weighted by atomic mass is 19.1. The molecule has 3 aromatic rings. The Balaban J connectivity index is 1.28. The lowest BCUT2D eigenvalue weighted by Crippen LogP contribution is -2.26. The second-order valence-corrected chi connectivity index (χ2v) is 6.83. The number of carbonyl (C=O) groups excluding carboxylic acids is 1. The highest BCUT2D eigenvalue weighted by molar-refractivity contribution is 5.79.